The van der Waals surface area contributed by atoms with E-state index >= 15 is 0 Å². The first-order chi connectivity index (χ1) is 11.6. The summed E-state index contributed by atoms with van der Waals surface area (Å²) in [5.74, 6) is -2.16. The van der Waals surface area contributed by atoms with Gasteiger partial charge in [0.1, 0.15) is 0 Å². The largest absolute Gasteiger partial charge is 0.481 e. The molecular formula is C20H16O4. The molecule has 0 radical (unpaired) electrons. The number of carboxylic acid groups (broad SMARTS) is 2. The minimum absolute atomic E-state index is 0.385. The highest BCUT2D eigenvalue weighted by Crippen LogP contribution is 2.23. The van der Waals surface area contributed by atoms with Crippen LogP contribution in [0.3, 0.4) is 0 Å². The Labute approximate surface area is 137 Å². The average Bonchev–Trinajstić information content (AvgIpc) is 2.59. The van der Waals surface area contributed by atoms with Crippen molar-refractivity contribution in [2.24, 2.45) is 5.92 Å². The van der Waals surface area contributed by atoms with E-state index < -0.39 is 17.9 Å². The molecule has 0 heterocycles. The molecule has 0 aromatic heterocycles. The Bertz CT molecular complexity index is 1100. The standard InChI is InChI=1S/C20H16O4/c21-19(22)12-6-7-13-11(9-12)5-8-16-14-3-1-2-4-15(14)18(20(23)24)10-17(13)16/h1-5,8-9,12H,6-7,10H2,(H,21,22)(H,23,24)/t12-/m0/s1. The molecule has 4 heteroatoms. The first-order valence-electron chi connectivity index (χ1n) is 7.97. The maximum absolute atomic E-state index is 11.7. The molecule has 4 nitrogen and oxygen atoms in total. The van der Waals surface area contributed by atoms with Crippen LogP contribution >= 0.6 is 0 Å². The second-order valence-electron chi connectivity index (χ2n) is 6.32. The summed E-state index contributed by atoms with van der Waals surface area (Å²) >= 11 is 0. The van der Waals surface area contributed by atoms with E-state index in [4.69, 9.17) is 0 Å². The van der Waals surface area contributed by atoms with Gasteiger partial charge in [-0.1, -0.05) is 42.5 Å². The topological polar surface area (TPSA) is 74.6 Å². The van der Waals surface area contributed by atoms with Gasteiger partial charge in [-0.25, -0.2) is 4.79 Å². The third-order valence-corrected chi connectivity index (χ3v) is 5.02. The summed E-state index contributed by atoms with van der Waals surface area (Å²) in [5.41, 5.74) is 2.54. The number of fused-ring (bicyclic) bond motifs is 4. The summed E-state index contributed by atoms with van der Waals surface area (Å²) in [6, 6.07) is 11.5. The summed E-state index contributed by atoms with van der Waals surface area (Å²) in [6.45, 7) is 0. The molecule has 2 aromatic carbocycles. The molecule has 2 aliphatic carbocycles. The molecule has 1 atom stereocenters. The van der Waals surface area contributed by atoms with E-state index in [0.29, 0.717) is 24.8 Å². The van der Waals surface area contributed by atoms with E-state index in [0.717, 1.165) is 32.0 Å². The summed E-state index contributed by atoms with van der Waals surface area (Å²) < 4.78 is 0. The Balaban J connectivity index is 2.10. The molecule has 0 bridgehead atoms. The molecule has 0 amide bonds. The van der Waals surface area contributed by atoms with Crippen molar-refractivity contribution in [1.82, 2.24) is 0 Å². The highest BCUT2D eigenvalue weighted by atomic mass is 16.4. The molecule has 24 heavy (non-hydrogen) atoms. The lowest BCUT2D eigenvalue weighted by Crippen LogP contribution is -2.28. The number of carboxylic acids is 2. The van der Waals surface area contributed by atoms with Gasteiger partial charge in [-0.2, -0.15) is 0 Å². The Morgan fingerprint density at radius 1 is 0.917 bits per heavy atom. The van der Waals surface area contributed by atoms with Crippen LogP contribution in [0.1, 0.15) is 17.5 Å². The molecule has 4 rings (SSSR count). The Kier molecular flexibility index (Phi) is 3.27. The van der Waals surface area contributed by atoms with Crippen LogP contribution in [0.25, 0.3) is 11.6 Å². The van der Waals surface area contributed by atoms with Crippen LogP contribution in [-0.4, -0.2) is 22.2 Å². The van der Waals surface area contributed by atoms with Gasteiger partial charge in [-0.15, -0.1) is 0 Å². The van der Waals surface area contributed by atoms with Gasteiger partial charge in [0, 0.05) is 12.0 Å². The van der Waals surface area contributed by atoms with E-state index in [2.05, 4.69) is 0 Å². The minimum atomic E-state index is -0.895. The fourth-order valence-electron chi connectivity index (χ4n) is 3.86. The maximum Gasteiger partial charge on any atom is 0.332 e. The van der Waals surface area contributed by atoms with Gasteiger partial charge in [0.2, 0.25) is 0 Å². The quantitative estimate of drug-likeness (QED) is 0.872. The van der Waals surface area contributed by atoms with Crippen LogP contribution in [0.4, 0.5) is 0 Å². The highest BCUT2D eigenvalue weighted by Gasteiger charge is 2.23. The number of hydrogen-bond acceptors (Lipinski definition) is 2. The SMILES string of the molecule is O=C(O)C1=c2ccccc2=c2ccc3c(c2C1)CC[C@H](C(=O)O)C=3. The smallest absolute Gasteiger partial charge is 0.332 e. The third kappa shape index (κ3) is 2.14. The molecule has 2 N–H and O–H groups in total. The van der Waals surface area contributed by atoms with Crippen LogP contribution in [0, 0.1) is 16.4 Å². The third-order valence-electron chi connectivity index (χ3n) is 5.02. The van der Waals surface area contributed by atoms with Crippen LogP contribution in [0.2, 0.25) is 0 Å². The van der Waals surface area contributed by atoms with Crippen LogP contribution in [-0.2, 0) is 22.4 Å². The molecule has 2 aliphatic rings. The van der Waals surface area contributed by atoms with E-state index in [1.807, 2.05) is 36.4 Å². The normalized spacial score (nSPS) is 18.0. The van der Waals surface area contributed by atoms with Gasteiger partial charge < -0.3 is 10.2 Å². The predicted molar refractivity (Wildman–Crippen MR) is 88.5 cm³/mol. The van der Waals surface area contributed by atoms with Crippen LogP contribution in [0.15, 0.2) is 36.4 Å². The summed E-state index contributed by atoms with van der Waals surface area (Å²) in [5, 5.41) is 22.6. The molecule has 120 valence electrons. The summed E-state index contributed by atoms with van der Waals surface area (Å²) in [4.78, 5) is 23.0. The number of benzene rings is 2. The van der Waals surface area contributed by atoms with E-state index in [9.17, 15) is 19.8 Å². The molecular weight excluding hydrogens is 304 g/mol. The van der Waals surface area contributed by atoms with Crippen molar-refractivity contribution in [3.05, 3.63) is 68.4 Å². The highest BCUT2D eigenvalue weighted by molar-refractivity contribution is 6.09. The molecule has 2 aromatic rings. The van der Waals surface area contributed by atoms with Crippen molar-refractivity contribution in [3.63, 3.8) is 0 Å². The van der Waals surface area contributed by atoms with Crippen molar-refractivity contribution >= 4 is 23.6 Å². The van der Waals surface area contributed by atoms with Crippen LogP contribution in [0.5, 0.6) is 0 Å². The van der Waals surface area contributed by atoms with E-state index in [1.54, 1.807) is 6.08 Å². The molecule has 0 saturated heterocycles. The van der Waals surface area contributed by atoms with E-state index in [-0.39, 0.29) is 0 Å². The molecule has 0 aliphatic heterocycles. The monoisotopic (exact) mass is 320 g/mol. The first-order valence-corrected chi connectivity index (χ1v) is 7.97. The maximum atomic E-state index is 11.7. The average molecular weight is 320 g/mol. The lowest BCUT2D eigenvalue weighted by atomic mass is 9.83. The van der Waals surface area contributed by atoms with E-state index in [1.165, 1.54) is 0 Å². The second kappa shape index (κ2) is 5.34. The molecule has 0 spiro atoms. The number of carbonyl (C=O) groups is 2. The summed E-state index contributed by atoms with van der Waals surface area (Å²) in [6.07, 6.45) is 3.41. The fraction of sp³-hybridized carbons (Fsp3) is 0.200. The van der Waals surface area contributed by atoms with Crippen molar-refractivity contribution in [3.8, 4) is 0 Å². The van der Waals surface area contributed by atoms with Gasteiger partial charge in [0.15, 0.2) is 0 Å². The molecule has 0 saturated carbocycles. The van der Waals surface area contributed by atoms with Gasteiger partial charge >= 0.3 is 11.9 Å². The number of rotatable bonds is 2. The van der Waals surface area contributed by atoms with Crippen LogP contribution < -0.4 is 10.4 Å². The van der Waals surface area contributed by atoms with Gasteiger partial charge in [-0.3, -0.25) is 4.79 Å². The molecule has 0 fully saturated rings. The summed E-state index contributed by atoms with van der Waals surface area (Å²) in [7, 11) is 0. The number of hydrogen-bond donors (Lipinski definition) is 2. The number of aliphatic carboxylic acids is 2. The lowest BCUT2D eigenvalue weighted by Gasteiger charge is -2.21. The zero-order valence-corrected chi connectivity index (χ0v) is 13.0. The van der Waals surface area contributed by atoms with Crippen molar-refractivity contribution < 1.29 is 19.8 Å². The zero-order chi connectivity index (χ0) is 16.8. The van der Waals surface area contributed by atoms with Crippen molar-refractivity contribution in [1.29, 1.82) is 0 Å². The van der Waals surface area contributed by atoms with Crippen molar-refractivity contribution in [2.45, 2.75) is 19.3 Å². The Morgan fingerprint density at radius 2 is 1.67 bits per heavy atom. The lowest BCUT2D eigenvalue weighted by molar-refractivity contribution is -0.139. The minimum Gasteiger partial charge on any atom is -0.481 e. The Hall–Kier alpha value is -2.88. The fourth-order valence-corrected chi connectivity index (χ4v) is 3.86. The zero-order valence-electron chi connectivity index (χ0n) is 13.0. The Morgan fingerprint density at radius 3 is 2.38 bits per heavy atom. The van der Waals surface area contributed by atoms with Crippen molar-refractivity contribution in [2.75, 3.05) is 0 Å². The molecule has 0 unspecified atom stereocenters. The first kappa shape index (κ1) is 14.7. The van der Waals surface area contributed by atoms with Gasteiger partial charge in [0.05, 0.1) is 5.92 Å². The van der Waals surface area contributed by atoms with Gasteiger partial charge in [0.25, 0.3) is 0 Å². The second-order valence-corrected chi connectivity index (χ2v) is 6.32. The van der Waals surface area contributed by atoms with Gasteiger partial charge in [-0.05, 0) is 44.8 Å². The predicted octanol–water partition coefficient (Wildman–Crippen LogP) is 1.19.